The minimum absolute atomic E-state index is 0.0409. The van der Waals surface area contributed by atoms with Crippen LogP contribution in [0, 0.1) is 5.92 Å². The average molecular weight is 471 g/mol. The number of halogens is 2. The first-order chi connectivity index (χ1) is 15.6. The molecule has 164 valence electrons. The van der Waals surface area contributed by atoms with Gasteiger partial charge in [0.25, 0.3) is 5.91 Å². The number of amides is 1. The van der Waals surface area contributed by atoms with Gasteiger partial charge in [0, 0.05) is 10.9 Å². The van der Waals surface area contributed by atoms with Crippen molar-refractivity contribution in [3.63, 3.8) is 0 Å². The Labute approximate surface area is 195 Å². The fraction of sp³-hybridized carbons (Fsp3) is 0.250. The number of ether oxygens (including phenoxy) is 1. The van der Waals surface area contributed by atoms with Crippen molar-refractivity contribution in [1.82, 2.24) is 5.01 Å². The minimum atomic E-state index is -0.322. The minimum Gasteiger partial charge on any atom is -0.482 e. The summed E-state index contributed by atoms with van der Waals surface area (Å²) in [7, 11) is 0. The van der Waals surface area contributed by atoms with Crippen LogP contribution in [-0.4, -0.2) is 23.2 Å². The van der Waals surface area contributed by atoms with Crippen molar-refractivity contribution in [2.75, 3.05) is 6.61 Å². The first-order valence-corrected chi connectivity index (χ1v) is 11.1. The largest absolute Gasteiger partial charge is 0.482 e. The standard InChI is InChI=1S/C24H20Cl2N2O4/c25-16-8-9-20(19(26)13-16)32-14-22(29)28-24(21-7-3-11-31-21)18-6-1-4-15(23(18)27-28)12-17-5-2-10-30-17/h2-3,5,7-13,18,24H,1,4,6,14H2/b15-12-/t18-,24+/m0/s1. The summed E-state index contributed by atoms with van der Waals surface area (Å²) in [5, 5.41) is 7.09. The van der Waals surface area contributed by atoms with Gasteiger partial charge in [-0.25, -0.2) is 5.01 Å². The van der Waals surface area contributed by atoms with Crippen LogP contribution in [0.1, 0.15) is 36.8 Å². The lowest BCUT2D eigenvalue weighted by atomic mass is 9.79. The van der Waals surface area contributed by atoms with E-state index in [0.29, 0.717) is 21.6 Å². The van der Waals surface area contributed by atoms with Gasteiger partial charge in [0.2, 0.25) is 0 Å². The van der Waals surface area contributed by atoms with Crippen molar-refractivity contribution in [2.45, 2.75) is 25.3 Å². The van der Waals surface area contributed by atoms with Gasteiger partial charge in [0.15, 0.2) is 6.61 Å². The summed E-state index contributed by atoms with van der Waals surface area (Å²) < 4.78 is 16.9. The number of hydrazone groups is 1. The summed E-state index contributed by atoms with van der Waals surface area (Å²) in [5.74, 6) is 1.62. The topological polar surface area (TPSA) is 68.2 Å². The van der Waals surface area contributed by atoms with Gasteiger partial charge in [-0.3, -0.25) is 4.79 Å². The van der Waals surface area contributed by atoms with Crippen molar-refractivity contribution in [3.8, 4) is 5.75 Å². The second-order valence-corrected chi connectivity index (χ2v) is 8.57. The molecule has 1 saturated carbocycles. The lowest BCUT2D eigenvalue weighted by Gasteiger charge is -2.27. The Morgan fingerprint density at radius 2 is 2.03 bits per heavy atom. The molecule has 8 heteroatoms. The molecule has 0 unspecified atom stereocenters. The van der Waals surface area contributed by atoms with Crippen LogP contribution >= 0.6 is 23.2 Å². The van der Waals surface area contributed by atoms with Gasteiger partial charge in [0.1, 0.15) is 23.3 Å². The molecule has 0 bridgehead atoms. The van der Waals surface area contributed by atoms with Crippen LogP contribution in [0.25, 0.3) is 6.08 Å². The molecule has 3 heterocycles. The second-order valence-electron chi connectivity index (χ2n) is 7.73. The summed E-state index contributed by atoms with van der Waals surface area (Å²) in [6.07, 6.45) is 8.04. The molecule has 0 spiro atoms. The fourth-order valence-electron chi connectivity index (χ4n) is 4.29. The van der Waals surface area contributed by atoms with Gasteiger partial charge in [-0.1, -0.05) is 23.2 Å². The van der Waals surface area contributed by atoms with Crippen LogP contribution in [0.4, 0.5) is 0 Å². The average Bonchev–Trinajstić information content (AvgIpc) is 3.53. The van der Waals surface area contributed by atoms with E-state index in [2.05, 4.69) is 0 Å². The van der Waals surface area contributed by atoms with E-state index in [1.807, 2.05) is 30.3 Å². The molecular weight excluding hydrogens is 451 g/mol. The highest BCUT2D eigenvalue weighted by Gasteiger charge is 2.45. The molecule has 0 saturated heterocycles. The highest BCUT2D eigenvalue weighted by atomic mass is 35.5. The maximum Gasteiger partial charge on any atom is 0.281 e. The van der Waals surface area contributed by atoms with Gasteiger partial charge in [-0.2, -0.15) is 5.10 Å². The zero-order valence-electron chi connectivity index (χ0n) is 17.0. The maximum atomic E-state index is 13.2. The Hall–Kier alpha value is -2.96. The van der Waals surface area contributed by atoms with E-state index in [4.69, 9.17) is 41.9 Å². The third kappa shape index (κ3) is 4.08. The Morgan fingerprint density at radius 3 is 2.78 bits per heavy atom. The third-order valence-corrected chi connectivity index (χ3v) is 6.23. The van der Waals surface area contributed by atoms with Gasteiger partial charge in [-0.15, -0.1) is 0 Å². The van der Waals surface area contributed by atoms with E-state index < -0.39 is 0 Å². The Balaban J connectivity index is 1.43. The smallest absolute Gasteiger partial charge is 0.281 e. The number of carbonyl (C=O) groups is 1. The highest BCUT2D eigenvalue weighted by Crippen LogP contribution is 2.44. The number of benzene rings is 1. The molecule has 1 amide bonds. The second kappa shape index (κ2) is 8.88. The highest BCUT2D eigenvalue weighted by molar-refractivity contribution is 6.35. The van der Waals surface area contributed by atoms with Crippen LogP contribution in [0.5, 0.6) is 5.75 Å². The van der Waals surface area contributed by atoms with Crippen molar-refractivity contribution in [2.24, 2.45) is 11.0 Å². The number of furan rings is 2. The molecule has 2 aromatic heterocycles. The Bertz CT molecular complexity index is 1170. The molecule has 6 nitrogen and oxygen atoms in total. The molecule has 2 aliphatic rings. The number of hydrogen-bond acceptors (Lipinski definition) is 5. The van der Waals surface area contributed by atoms with Gasteiger partial charge < -0.3 is 13.6 Å². The quantitative estimate of drug-likeness (QED) is 0.433. The normalized spacial score (nSPS) is 21.5. The summed E-state index contributed by atoms with van der Waals surface area (Å²) in [5.41, 5.74) is 1.97. The molecule has 0 N–H and O–H groups in total. The first kappa shape index (κ1) is 20.9. The van der Waals surface area contributed by atoms with Crippen LogP contribution in [0.2, 0.25) is 10.0 Å². The van der Waals surface area contributed by atoms with Crippen molar-refractivity contribution >= 4 is 40.9 Å². The van der Waals surface area contributed by atoms with E-state index in [1.54, 1.807) is 30.7 Å². The summed E-state index contributed by atoms with van der Waals surface area (Å²) in [6, 6.07) is 12.0. The van der Waals surface area contributed by atoms with E-state index in [-0.39, 0.29) is 24.5 Å². The van der Waals surface area contributed by atoms with Crippen molar-refractivity contribution in [3.05, 3.63) is 82.1 Å². The maximum absolute atomic E-state index is 13.2. The van der Waals surface area contributed by atoms with E-state index >= 15 is 0 Å². The Kier molecular flexibility index (Phi) is 5.81. The Morgan fingerprint density at radius 1 is 1.19 bits per heavy atom. The lowest BCUT2D eigenvalue weighted by molar-refractivity contribution is -0.136. The van der Waals surface area contributed by atoms with Crippen LogP contribution < -0.4 is 4.74 Å². The molecule has 1 aromatic carbocycles. The number of rotatable bonds is 5. The lowest BCUT2D eigenvalue weighted by Crippen LogP contribution is -2.34. The van der Waals surface area contributed by atoms with E-state index in [1.165, 1.54) is 5.01 Å². The molecule has 1 fully saturated rings. The van der Waals surface area contributed by atoms with Crippen LogP contribution in [-0.2, 0) is 4.79 Å². The van der Waals surface area contributed by atoms with Gasteiger partial charge in [-0.05, 0) is 73.4 Å². The summed E-state index contributed by atoms with van der Waals surface area (Å²) >= 11 is 12.1. The molecule has 32 heavy (non-hydrogen) atoms. The molecule has 3 aromatic rings. The van der Waals surface area contributed by atoms with Gasteiger partial charge in [0.05, 0.1) is 23.3 Å². The van der Waals surface area contributed by atoms with E-state index in [0.717, 1.165) is 36.3 Å². The van der Waals surface area contributed by atoms with Crippen molar-refractivity contribution in [1.29, 1.82) is 0 Å². The van der Waals surface area contributed by atoms with Crippen LogP contribution in [0.3, 0.4) is 0 Å². The molecule has 1 aliphatic carbocycles. The monoisotopic (exact) mass is 470 g/mol. The fourth-order valence-corrected chi connectivity index (χ4v) is 4.75. The predicted molar refractivity (Wildman–Crippen MR) is 122 cm³/mol. The first-order valence-electron chi connectivity index (χ1n) is 10.4. The SMILES string of the molecule is O=C(COc1ccc(Cl)cc1Cl)N1N=C2/C(=C\c3ccco3)CCC[C@@H]2[C@@H]1c1ccco1. The number of nitrogens with zero attached hydrogens (tertiary/aromatic N) is 2. The zero-order valence-corrected chi connectivity index (χ0v) is 18.6. The molecule has 1 aliphatic heterocycles. The number of hydrogen-bond donors (Lipinski definition) is 0. The number of carbonyl (C=O) groups excluding carboxylic acids is 1. The number of allylic oxidation sites excluding steroid dienone is 1. The van der Waals surface area contributed by atoms with Crippen LogP contribution in [0.15, 0.2) is 74.5 Å². The molecule has 2 atom stereocenters. The number of fused-ring (bicyclic) bond motifs is 1. The molecule has 0 radical (unpaired) electrons. The summed E-state index contributed by atoms with van der Waals surface area (Å²) in [6.45, 7) is -0.209. The zero-order chi connectivity index (χ0) is 22.1. The van der Waals surface area contributed by atoms with Gasteiger partial charge >= 0.3 is 0 Å². The molecular formula is C24H20Cl2N2O4. The van der Waals surface area contributed by atoms with Crippen molar-refractivity contribution < 1.29 is 18.4 Å². The molecule has 5 rings (SSSR count). The van der Waals surface area contributed by atoms with E-state index in [9.17, 15) is 4.79 Å². The third-order valence-electron chi connectivity index (χ3n) is 5.70. The summed E-state index contributed by atoms with van der Waals surface area (Å²) in [4.78, 5) is 13.2. The predicted octanol–water partition coefficient (Wildman–Crippen LogP) is 6.38.